The monoisotopic (exact) mass is 338 g/mol. The van der Waals surface area contributed by atoms with Crippen LogP contribution in [0.3, 0.4) is 0 Å². The van der Waals surface area contributed by atoms with Crippen LogP contribution >= 0.6 is 31.9 Å². The average Bonchev–Trinajstić information content (AvgIpc) is 2.38. The van der Waals surface area contributed by atoms with Gasteiger partial charge in [0.15, 0.2) is 0 Å². The molecule has 0 radical (unpaired) electrons. The second-order valence-corrected chi connectivity index (χ2v) is 7.82. The molecule has 2 fully saturated rings. The van der Waals surface area contributed by atoms with E-state index < -0.39 is 0 Å². The van der Waals surface area contributed by atoms with Crippen molar-refractivity contribution < 1.29 is 0 Å². The van der Waals surface area contributed by atoms with Crippen molar-refractivity contribution in [3.05, 3.63) is 4.91 Å². The summed E-state index contributed by atoms with van der Waals surface area (Å²) in [6, 6.07) is 0. The number of nitrogens with zero attached hydrogens (tertiary/aromatic N) is 2. The Balaban J connectivity index is 2.26. The fourth-order valence-electron chi connectivity index (χ4n) is 3.04. The molecule has 2 rings (SSSR count). The lowest BCUT2D eigenvalue weighted by atomic mass is 9.60. The molecule has 4 atom stereocenters. The number of hydrogen-bond donors (Lipinski definition) is 0. The van der Waals surface area contributed by atoms with Crippen LogP contribution < -0.4 is 0 Å². The molecule has 0 aromatic heterocycles. The molecule has 0 N–H and O–H groups in total. The Hall–Kier alpha value is 0.360. The summed E-state index contributed by atoms with van der Waals surface area (Å²) in [7, 11) is 0. The first-order chi connectivity index (χ1) is 6.90. The quantitative estimate of drug-likeness (QED) is 0.542. The van der Waals surface area contributed by atoms with Crippen LogP contribution in [0.5, 0.6) is 0 Å². The lowest BCUT2D eigenvalue weighted by molar-refractivity contribution is 0.0826. The van der Waals surface area contributed by atoms with Crippen LogP contribution in [0.2, 0.25) is 0 Å². The van der Waals surface area contributed by atoms with Gasteiger partial charge >= 0.3 is 0 Å². The zero-order valence-electron chi connectivity index (χ0n) is 9.04. The molecule has 5 heteroatoms. The van der Waals surface area contributed by atoms with Gasteiger partial charge in [-0.3, -0.25) is 5.01 Å². The van der Waals surface area contributed by atoms with Crippen LogP contribution in [-0.2, 0) is 0 Å². The standard InChI is InChI=1S/C10H16Br2N2O/c1-9-3-7(11)8(12)4-10(9,2)6-14(5-9)13-15/h7-8H,3-6H2,1-2H3/t7-,8+,9+,10-. The molecule has 15 heavy (non-hydrogen) atoms. The number of nitroso groups, excluding NO2 is 1. The second kappa shape index (κ2) is 3.69. The van der Waals surface area contributed by atoms with Crippen LogP contribution in [0.4, 0.5) is 0 Å². The Bertz CT molecular complexity index is 265. The SMILES string of the molecule is C[C@@]12C[C@@H](Br)[C@@H](Br)C[C@]1(C)CN(N=O)C2. The summed E-state index contributed by atoms with van der Waals surface area (Å²) in [5.41, 5.74) is 0.415. The molecule has 2 aliphatic rings. The first-order valence-corrected chi connectivity index (χ1v) is 7.10. The van der Waals surface area contributed by atoms with E-state index in [9.17, 15) is 4.91 Å². The Labute approximate surface area is 107 Å². The Kier molecular flexibility index (Phi) is 2.91. The third-order valence-electron chi connectivity index (χ3n) is 4.32. The van der Waals surface area contributed by atoms with Crippen molar-refractivity contribution in [1.29, 1.82) is 0 Å². The summed E-state index contributed by atoms with van der Waals surface area (Å²) >= 11 is 7.43. The van der Waals surface area contributed by atoms with Crippen molar-refractivity contribution in [2.75, 3.05) is 13.1 Å². The van der Waals surface area contributed by atoms with E-state index in [0.717, 1.165) is 25.9 Å². The van der Waals surface area contributed by atoms with E-state index >= 15 is 0 Å². The average molecular weight is 340 g/mol. The highest BCUT2D eigenvalue weighted by atomic mass is 79.9. The van der Waals surface area contributed by atoms with E-state index in [-0.39, 0.29) is 10.8 Å². The van der Waals surface area contributed by atoms with Gasteiger partial charge in [0.1, 0.15) is 0 Å². The second-order valence-electron chi connectivity index (χ2n) is 5.47. The Morgan fingerprint density at radius 2 is 1.53 bits per heavy atom. The minimum Gasteiger partial charge on any atom is -0.260 e. The van der Waals surface area contributed by atoms with E-state index in [0.29, 0.717) is 9.65 Å². The van der Waals surface area contributed by atoms with Crippen LogP contribution in [0.25, 0.3) is 0 Å². The highest BCUT2D eigenvalue weighted by Crippen LogP contribution is 2.57. The van der Waals surface area contributed by atoms with Crippen molar-refractivity contribution in [2.45, 2.75) is 36.3 Å². The first-order valence-electron chi connectivity index (χ1n) is 5.27. The van der Waals surface area contributed by atoms with Gasteiger partial charge in [-0.1, -0.05) is 45.7 Å². The molecule has 0 bridgehead atoms. The lowest BCUT2D eigenvalue weighted by Gasteiger charge is -2.47. The smallest absolute Gasteiger partial charge is 0.0524 e. The summed E-state index contributed by atoms with van der Waals surface area (Å²) in [5.74, 6) is 0. The van der Waals surface area contributed by atoms with E-state index in [1.54, 1.807) is 5.01 Å². The number of fused-ring (bicyclic) bond motifs is 1. The van der Waals surface area contributed by atoms with Gasteiger partial charge in [0.25, 0.3) is 0 Å². The molecule has 0 amide bonds. The predicted molar refractivity (Wildman–Crippen MR) is 68.2 cm³/mol. The Morgan fingerprint density at radius 1 is 1.13 bits per heavy atom. The molecule has 1 heterocycles. The zero-order valence-corrected chi connectivity index (χ0v) is 12.2. The van der Waals surface area contributed by atoms with Crippen molar-refractivity contribution in [2.24, 2.45) is 16.1 Å². The van der Waals surface area contributed by atoms with Crippen molar-refractivity contribution >= 4 is 31.9 Å². The molecule has 0 unspecified atom stereocenters. The highest BCUT2D eigenvalue weighted by Gasteiger charge is 2.56. The summed E-state index contributed by atoms with van der Waals surface area (Å²) in [6.07, 6.45) is 2.21. The van der Waals surface area contributed by atoms with Crippen LogP contribution in [-0.4, -0.2) is 27.8 Å². The summed E-state index contributed by atoms with van der Waals surface area (Å²) in [5, 5.41) is 4.79. The molecule has 0 aromatic rings. The molecule has 0 aromatic carbocycles. The normalized spacial score (nSPS) is 50.3. The predicted octanol–water partition coefficient (Wildman–Crippen LogP) is 3.32. The fourth-order valence-corrected chi connectivity index (χ4v) is 4.84. The van der Waals surface area contributed by atoms with E-state index in [1.165, 1.54) is 0 Å². The molecule has 1 aliphatic carbocycles. The van der Waals surface area contributed by atoms with Crippen LogP contribution in [0.15, 0.2) is 5.29 Å². The number of hydrogen-bond acceptors (Lipinski definition) is 2. The fraction of sp³-hybridized carbons (Fsp3) is 1.00. The molecule has 1 saturated carbocycles. The van der Waals surface area contributed by atoms with Gasteiger partial charge in [-0.05, 0) is 23.7 Å². The van der Waals surface area contributed by atoms with Gasteiger partial charge < -0.3 is 0 Å². The molecule has 0 spiro atoms. The van der Waals surface area contributed by atoms with Gasteiger partial charge in [0, 0.05) is 22.7 Å². The van der Waals surface area contributed by atoms with E-state index in [2.05, 4.69) is 51.0 Å². The molecule has 1 aliphatic heterocycles. The topological polar surface area (TPSA) is 32.7 Å². The van der Waals surface area contributed by atoms with Gasteiger partial charge in [0.2, 0.25) is 0 Å². The third-order valence-corrected chi connectivity index (χ3v) is 6.95. The number of halogens is 2. The summed E-state index contributed by atoms with van der Waals surface area (Å²) in [6.45, 7) is 6.17. The molecule has 86 valence electrons. The Morgan fingerprint density at radius 3 is 1.87 bits per heavy atom. The van der Waals surface area contributed by atoms with E-state index in [1.807, 2.05) is 0 Å². The zero-order chi connectivity index (χ0) is 11.3. The number of alkyl halides is 2. The molecular weight excluding hydrogens is 324 g/mol. The molecule has 3 nitrogen and oxygen atoms in total. The minimum absolute atomic E-state index is 0.208. The van der Waals surface area contributed by atoms with Gasteiger partial charge in [-0.2, -0.15) is 0 Å². The maximum absolute atomic E-state index is 10.7. The van der Waals surface area contributed by atoms with Crippen LogP contribution in [0.1, 0.15) is 26.7 Å². The maximum Gasteiger partial charge on any atom is 0.0524 e. The molecular formula is C10H16Br2N2O. The maximum atomic E-state index is 10.7. The van der Waals surface area contributed by atoms with Crippen LogP contribution in [0, 0.1) is 15.7 Å². The lowest BCUT2D eigenvalue weighted by Crippen LogP contribution is -2.46. The summed E-state index contributed by atoms with van der Waals surface area (Å²) < 4.78 is 0. The largest absolute Gasteiger partial charge is 0.260 e. The summed E-state index contributed by atoms with van der Waals surface area (Å²) in [4.78, 5) is 11.7. The minimum atomic E-state index is 0.208. The van der Waals surface area contributed by atoms with Gasteiger partial charge in [0.05, 0.1) is 5.29 Å². The van der Waals surface area contributed by atoms with Crippen molar-refractivity contribution in [3.63, 3.8) is 0 Å². The molecule has 1 saturated heterocycles. The first kappa shape index (κ1) is 11.8. The third kappa shape index (κ3) is 1.75. The van der Waals surface area contributed by atoms with Crippen molar-refractivity contribution in [1.82, 2.24) is 5.01 Å². The highest BCUT2D eigenvalue weighted by molar-refractivity contribution is 9.12. The van der Waals surface area contributed by atoms with Crippen molar-refractivity contribution in [3.8, 4) is 0 Å². The van der Waals surface area contributed by atoms with Gasteiger partial charge in [-0.15, -0.1) is 4.91 Å². The number of rotatable bonds is 1. The van der Waals surface area contributed by atoms with Gasteiger partial charge in [-0.25, -0.2) is 0 Å². The van der Waals surface area contributed by atoms with E-state index in [4.69, 9.17) is 0 Å².